The van der Waals surface area contributed by atoms with Gasteiger partial charge in [-0.3, -0.25) is 0 Å². The van der Waals surface area contributed by atoms with Crippen molar-refractivity contribution in [3.05, 3.63) is 29.6 Å². The Hall–Kier alpha value is -1.23. The Morgan fingerprint density at radius 2 is 1.92 bits per heavy atom. The summed E-state index contributed by atoms with van der Waals surface area (Å²) in [5.41, 5.74) is -1.90. The highest BCUT2D eigenvalue weighted by atomic mass is 32.2. The third kappa shape index (κ3) is 4.90. The lowest BCUT2D eigenvalue weighted by Crippen LogP contribution is -2.47. The third-order valence-electron chi connectivity index (χ3n) is 4.31. The van der Waals surface area contributed by atoms with Crippen molar-refractivity contribution in [1.82, 2.24) is 10.0 Å². The minimum absolute atomic E-state index is 0.0630. The number of nitrogens with one attached hydrogen (secondary N) is 2. The van der Waals surface area contributed by atoms with Crippen LogP contribution in [0.15, 0.2) is 23.1 Å². The lowest BCUT2D eigenvalue weighted by atomic mass is 9.80. The molecule has 0 aromatic heterocycles. The summed E-state index contributed by atoms with van der Waals surface area (Å²) >= 11 is 0. The lowest BCUT2D eigenvalue weighted by molar-refractivity contribution is -0.140. The minimum atomic E-state index is -4.88. The first-order chi connectivity index (χ1) is 11.6. The molecule has 0 spiro atoms. The molecule has 10 heteroatoms. The maximum absolute atomic E-state index is 13.6. The molecule has 0 bridgehead atoms. The smallest absolute Gasteiger partial charge is 0.384 e. The summed E-state index contributed by atoms with van der Waals surface area (Å²) in [5.74, 6) is -1.62. The Labute approximate surface area is 143 Å². The van der Waals surface area contributed by atoms with Gasteiger partial charge < -0.3 is 10.1 Å². The van der Waals surface area contributed by atoms with E-state index in [2.05, 4.69) is 10.0 Å². The van der Waals surface area contributed by atoms with Gasteiger partial charge in [0.15, 0.2) is 0 Å². The topological polar surface area (TPSA) is 67.4 Å². The molecule has 0 radical (unpaired) electrons. The molecule has 0 saturated carbocycles. The van der Waals surface area contributed by atoms with Gasteiger partial charge in [0.1, 0.15) is 5.82 Å². The molecule has 1 heterocycles. The Balaban J connectivity index is 2.17. The minimum Gasteiger partial charge on any atom is -0.384 e. The fourth-order valence-corrected chi connectivity index (χ4v) is 4.03. The van der Waals surface area contributed by atoms with Gasteiger partial charge in [-0.25, -0.2) is 17.5 Å². The Kier molecular flexibility index (Phi) is 6.08. The average Bonchev–Trinajstić information content (AvgIpc) is 2.53. The predicted molar refractivity (Wildman–Crippen MR) is 83.0 cm³/mol. The second kappa shape index (κ2) is 7.56. The van der Waals surface area contributed by atoms with E-state index in [1.165, 1.54) is 7.11 Å². The van der Waals surface area contributed by atoms with Crippen LogP contribution in [0.2, 0.25) is 0 Å². The van der Waals surface area contributed by atoms with E-state index in [1.54, 1.807) is 0 Å². The molecule has 2 N–H and O–H groups in total. The molecular formula is C15H20F4N2O3S. The zero-order valence-corrected chi connectivity index (χ0v) is 14.4. The Morgan fingerprint density at radius 1 is 1.28 bits per heavy atom. The van der Waals surface area contributed by atoms with Crippen LogP contribution in [0.3, 0.4) is 0 Å². The molecule has 1 saturated heterocycles. The number of hydrogen-bond acceptors (Lipinski definition) is 4. The summed E-state index contributed by atoms with van der Waals surface area (Å²) < 4.78 is 83.6. The number of sulfonamides is 1. The van der Waals surface area contributed by atoms with Gasteiger partial charge >= 0.3 is 6.18 Å². The molecule has 0 atom stereocenters. The lowest BCUT2D eigenvalue weighted by Gasteiger charge is -2.37. The van der Waals surface area contributed by atoms with Crippen LogP contribution >= 0.6 is 0 Å². The standard InChI is InChI=1S/C15H20F4N2O3S/c1-24-10-14(4-6-20-7-5-14)9-21-25(22,23)11-2-3-12(13(16)8-11)15(17,18)19/h2-3,8,20-21H,4-7,9-10H2,1H3. The molecule has 0 amide bonds. The number of hydrogen-bond donors (Lipinski definition) is 2. The van der Waals surface area contributed by atoms with E-state index in [9.17, 15) is 26.0 Å². The quantitative estimate of drug-likeness (QED) is 0.738. The van der Waals surface area contributed by atoms with Crippen molar-refractivity contribution in [3.63, 3.8) is 0 Å². The molecule has 25 heavy (non-hydrogen) atoms. The van der Waals surface area contributed by atoms with Crippen LogP contribution in [0.25, 0.3) is 0 Å². The maximum Gasteiger partial charge on any atom is 0.419 e. The fourth-order valence-electron chi connectivity index (χ4n) is 2.86. The summed E-state index contributed by atoms with van der Waals surface area (Å²) in [6.07, 6.45) is -3.51. The zero-order valence-electron chi connectivity index (χ0n) is 13.6. The van der Waals surface area contributed by atoms with Crippen LogP contribution in [-0.2, 0) is 20.9 Å². The van der Waals surface area contributed by atoms with Crippen LogP contribution in [-0.4, -0.2) is 41.8 Å². The molecule has 1 aliphatic heterocycles. The average molecular weight is 384 g/mol. The second-order valence-electron chi connectivity index (χ2n) is 6.15. The van der Waals surface area contributed by atoms with Gasteiger partial charge in [-0.2, -0.15) is 13.2 Å². The molecule has 0 unspecified atom stereocenters. The van der Waals surface area contributed by atoms with E-state index >= 15 is 0 Å². The fraction of sp³-hybridized carbons (Fsp3) is 0.600. The number of ether oxygens (including phenoxy) is 1. The molecule has 1 aliphatic rings. The molecule has 142 valence electrons. The summed E-state index contributed by atoms with van der Waals surface area (Å²) in [6, 6.07) is 1.57. The van der Waals surface area contributed by atoms with Crippen molar-refractivity contribution in [1.29, 1.82) is 0 Å². The first-order valence-electron chi connectivity index (χ1n) is 7.66. The third-order valence-corrected chi connectivity index (χ3v) is 5.71. The molecule has 1 aromatic carbocycles. The van der Waals surface area contributed by atoms with Gasteiger partial charge in [-0.05, 0) is 44.1 Å². The monoisotopic (exact) mass is 384 g/mol. The van der Waals surface area contributed by atoms with Gasteiger partial charge in [0, 0.05) is 19.1 Å². The number of halogens is 4. The second-order valence-corrected chi connectivity index (χ2v) is 7.91. The van der Waals surface area contributed by atoms with Gasteiger partial charge in [-0.15, -0.1) is 0 Å². The van der Waals surface area contributed by atoms with Gasteiger partial charge in [-0.1, -0.05) is 0 Å². The largest absolute Gasteiger partial charge is 0.419 e. The summed E-state index contributed by atoms with van der Waals surface area (Å²) in [4.78, 5) is -0.542. The summed E-state index contributed by atoms with van der Waals surface area (Å²) in [7, 11) is -2.62. The highest BCUT2D eigenvalue weighted by Gasteiger charge is 2.36. The van der Waals surface area contributed by atoms with Crippen molar-refractivity contribution < 1.29 is 30.7 Å². The van der Waals surface area contributed by atoms with Gasteiger partial charge in [0.2, 0.25) is 10.0 Å². The van der Waals surface area contributed by atoms with Crippen LogP contribution in [0.4, 0.5) is 17.6 Å². The van der Waals surface area contributed by atoms with E-state index in [-0.39, 0.29) is 6.54 Å². The normalized spacial score (nSPS) is 18.3. The van der Waals surface area contributed by atoms with Crippen LogP contribution < -0.4 is 10.0 Å². The number of rotatable bonds is 6. The highest BCUT2D eigenvalue weighted by Crippen LogP contribution is 2.33. The van der Waals surface area contributed by atoms with Crippen molar-refractivity contribution in [2.45, 2.75) is 23.9 Å². The van der Waals surface area contributed by atoms with Crippen molar-refractivity contribution in [3.8, 4) is 0 Å². The number of alkyl halides is 3. The number of piperidine rings is 1. The first kappa shape index (κ1) is 20.1. The number of methoxy groups -OCH3 is 1. The van der Waals surface area contributed by atoms with Gasteiger partial charge in [0.05, 0.1) is 17.1 Å². The van der Waals surface area contributed by atoms with Crippen molar-refractivity contribution >= 4 is 10.0 Å². The molecule has 1 fully saturated rings. The van der Waals surface area contributed by atoms with E-state index in [1.807, 2.05) is 0 Å². The van der Waals surface area contributed by atoms with Crippen molar-refractivity contribution in [2.75, 3.05) is 33.4 Å². The SMILES string of the molecule is COCC1(CNS(=O)(=O)c2ccc(C(F)(F)F)c(F)c2)CCNCC1. The van der Waals surface area contributed by atoms with E-state index in [0.29, 0.717) is 44.7 Å². The Morgan fingerprint density at radius 3 is 2.44 bits per heavy atom. The molecule has 5 nitrogen and oxygen atoms in total. The predicted octanol–water partition coefficient (Wildman–Crippen LogP) is 2.14. The molecular weight excluding hydrogens is 364 g/mol. The van der Waals surface area contributed by atoms with Crippen LogP contribution in [0.1, 0.15) is 18.4 Å². The molecule has 1 aromatic rings. The number of benzene rings is 1. The zero-order chi connectivity index (χ0) is 18.7. The molecule has 0 aliphatic carbocycles. The Bertz CT molecular complexity index is 696. The maximum atomic E-state index is 13.6. The van der Waals surface area contributed by atoms with Gasteiger partial charge in [0.25, 0.3) is 0 Å². The van der Waals surface area contributed by atoms with E-state index in [4.69, 9.17) is 4.74 Å². The highest BCUT2D eigenvalue weighted by molar-refractivity contribution is 7.89. The molecule has 2 rings (SSSR count). The summed E-state index contributed by atoms with van der Waals surface area (Å²) in [5, 5.41) is 3.17. The van der Waals surface area contributed by atoms with Crippen LogP contribution in [0.5, 0.6) is 0 Å². The first-order valence-corrected chi connectivity index (χ1v) is 9.14. The summed E-state index contributed by atoms with van der Waals surface area (Å²) in [6.45, 7) is 1.83. The van der Waals surface area contributed by atoms with Crippen LogP contribution in [0, 0.1) is 11.2 Å². The van der Waals surface area contributed by atoms with E-state index in [0.717, 1.165) is 6.07 Å². The van der Waals surface area contributed by atoms with E-state index < -0.39 is 37.9 Å². The van der Waals surface area contributed by atoms with Crippen molar-refractivity contribution in [2.24, 2.45) is 5.41 Å².